The molecule has 1 aliphatic rings. The number of carbonyl (C=O) groups excluding carboxylic acids is 2. The lowest BCUT2D eigenvalue weighted by molar-refractivity contribution is -0.122. The summed E-state index contributed by atoms with van der Waals surface area (Å²) < 4.78 is 6.08. The van der Waals surface area contributed by atoms with Crippen LogP contribution in [0, 0.1) is 0 Å². The van der Waals surface area contributed by atoms with Crippen LogP contribution in [0.2, 0.25) is 0 Å². The molecule has 2 aromatic carbocycles. The summed E-state index contributed by atoms with van der Waals surface area (Å²) in [6.07, 6.45) is 2.68. The highest BCUT2D eigenvalue weighted by molar-refractivity contribution is 9.10. The van der Waals surface area contributed by atoms with E-state index in [2.05, 4.69) is 21.2 Å². The first-order valence-corrected chi connectivity index (χ1v) is 11.0. The van der Waals surface area contributed by atoms with Crippen LogP contribution in [0.5, 0.6) is 5.75 Å². The summed E-state index contributed by atoms with van der Waals surface area (Å²) in [5.74, 6) is 0.379. The lowest BCUT2D eigenvalue weighted by atomic mass is 10.2. The molecule has 1 atom stereocenters. The number of nitrogens with one attached hydrogen (secondary N) is 1. The Morgan fingerprint density at radius 2 is 2.07 bits per heavy atom. The number of benzene rings is 2. The number of amides is 2. The molecular formula is C22H23BrN2O3S. The lowest BCUT2D eigenvalue weighted by Crippen LogP contribution is -2.44. The second-order valence-electron chi connectivity index (χ2n) is 6.74. The van der Waals surface area contributed by atoms with Crippen LogP contribution in [-0.4, -0.2) is 31.5 Å². The van der Waals surface area contributed by atoms with Crippen molar-refractivity contribution in [3.8, 4) is 5.75 Å². The average molecular weight is 475 g/mol. The number of methoxy groups -OCH3 is 1. The standard InChI is InChI=1S/C22H23BrN2O3S/c1-4-14(2)24-21(26)13-25-17-7-5-6-8-19(17)29-20(22(25)27)12-15-9-10-18(28-3)16(23)11-15/h5-12,14H,4,13H2,1-3H3,(H,24,26)/b20-12+. The summed E-state index contributed by atoms with van der Waals surface area (Å²) in [6.45, 7) is 3.95. The summed E-state index contributed by atoms with van der Waals surface area (Å²) in [4.78, 5) is 28.7. The first-order valence-electron chi connectivity index (χ1n) is 9.36. The molecule has 0 aliphatic carbocycles. The fourth-order valence-corrected chi connectivity index (χ4v) is 4.53. The van der Waals surface area contributed by atoms with Gasteiger partial charge in [0, 0.05) is 10.9 Å². The van der Waals surface area contributed by atoms with Crippen LogP contribution in [0.15, 0.2) is 56.7 Å². The van der Waals surface area contributed by atoms with Crippen LogP contribution < -0.4 is 15.0 Å². The number of ether oxygens (including phenoxy) is 1. The average Bonchev–Trinajstić information content (AvgIpc) is 2.71. The molecule has 152 valence electrons. The molecule has 0 spiro atoms. The Kier molecular flexibility index (Phi) is 7.03. The van der Waals surface area contributed by atoms with E-state index in [1.807, 2.05) is 62.4 Å². The number of hydrogen-bond acceptors (Lipinski definition) is 4. The quantitative estimate of drug-likeness (QED) is 0.607. The number of anilines is 1. The van der Waals surface area contributed by atoms with Crippen LogP contribution in [-0.2, 0) is 9.59 Å². The fraction of sp³-hybridized carbons (Fsp3) is 0.273. The minimum Gasteiger partial charge on any atom is -0.496 e. The highest BCUT2D eigenvalue weighted by Crippen LogP contribution is 2.42. The van der Waals surface area contributed by atoms with Crippen molar-refractivity contribution in [2.24, 2.45) is 0 Å². The molecule has 0 aromatic heterocycles. The van der Waals surface area contributed by atoms with Crippen molar-refractivity contribution >= 4 is 51.3 Å². The van der Waals surface area contributed by atoms with E-state index in [9.17, 15) is 9.59 Å². The smallest absolute Gasteiger partial charge is 0.265 e. The van der Waals surface area contributed by atoms with E-state index in [1.54, 1.807) is 12.0 Å². The van der Waals surface area contributed by atoms with E-state index in [-0.39, 0.29) is 24.4 Å². The van der Waals surface area contributed by atoms with Gasteiger partial charge in [-0.15, -0.1) is 0 Å². The molecule has 1 unspecified atom stereocenters. The predicted octanol–water partition coefficient (Wildman–Crippen LogP) is 4.85. The molecule has 0 bridgehead atoms. The first-order chi connectivity index (χ1) is 13.9. The second-order valence-corrected chi connectivity index (χ2v) is 8.68. The van der Waals surface area contributed by atoms with Crippen molar-refractivity contribution in [3.05, 3.63) is 57.4 Å². The van der Waals surface area contributed by atoms with Gasteiger partial charge in [0.25, 0.3) is 5.91 Å². The van der Waals surface area contributed by atoms with E-state index < -0.39 is 0 Å². The molecule has 5 nitrogen and oxygen atoms in total. The Hall–Kier alpha value is -2.25. The van der Waals surface area contributed by atoms with Crippen molar-refractivity contribution in [2.45, 2.75) is 31.2 Å². The van der Waals surface area contributed by atoms with Gasteiger partial charge in [0.1, 0.15) is 12.3 Å². The second kappa shape index (κ2) is 9.50. The first kappa shape index (κ1) is 21.5. The summed E-state index contributed by atoms with van der Waals surface area (Å²) in [5.41, 5.74) is 1.63. The number of rotatable bonds is 6. The number of thioether (sulfide) groups is 1. The van der Waals surface area contributed by atoms with E-state index in [4.69, 9.17) is 4.74 Å². The van der Waals surface area contributed by atoms with Crippen LogP contribution in [0.1, 0.15) is 25.8 Å². The summed E-state index contributed by atoms with van der Waals surface area (Å²) in [6, 6.07) is 13.4. The Morgan fingerprint density at radius 3 is 2.76 bits per heavy atom. The Balaban J connectivity index is 1.92. The summed E-state index contributed by atoms with van der Waals surface area (Å²) >= 11 is 4.89. The van der Waals surface area contributed by atoms with Gasteiger partial charge in [-0.25, -0.2) is 0 Å². The molecule has 7 heteroatoms. The van der Waals surface area contributed by atoms with Crippen LogP contribution in [0.4, 0.5) is 5.69 Å². The van der Waals surface area contributed by atoms with Gasteiger partial charge in [-0.05, 0) is 65.2 Å². The lowest BCUT2D eigenvalue weighted by Gasteiger charge is -2.30. The molecule has 2 amide bonds. The van der Waals surface area contributed by atoms with Gasteiger partial charge in [0.2, 0.25) is 5.91 Å². The minimum atomic E-state index is -0.181. The fourth-order valence-electron chi connectivity index (χ4n) is 2.91. The van der Waals surface area contributed by atoms with Gasteiger partial charge in [0.05, 0.1) is 22.2 Å². The number of para-hydroxylation sites is 1. The van der Waals surface area contributed by atoms with Gasteiger partial charge in [0.15, 0.2) is 0 Å². The molecule has 0 radical (unpaired) electrons. The van der Waals surface area contributed by atoms with Crippen molar-refractivity contribution in [1.82, 2.24) is 5.32 Å². The van der Waals surface area contributed by atoms with Gasteiger partial charge < -0.3 is 10.1 Å². The van der Waals surface area contributed by atoms with E-state index in [0.717, 1.165) is 32.8 Å². The maximum absolute atomic E-state index is 13.2. The predicted molar refractivity (Wildman–Crippen MR) is 121 cm³/mol. The van der Waals surface area contributed by atoms with Gasteiger partial charge in [-0.1, -0.05) is 36.9 Å². The molecule has 1 N–H and O–H groups in total. The largest absolute Gasteiger partial charge is 0.496 e. The van der Waals surface area contributed by atoms with Crippen molar-refractivity contribution in [3.63, 3.8) is 0 Å². The van der Waals surface area contributed by atoms with E-state index in [1.165, 1.54) is 11.8 Å². The molecule has 3 rings (SSSR count). The molecule has 0 fully saturated rings. The van der Waals surface area contributed by atoms with Crippen molar-refractivity contribution in [1.29, 1.82) is 0 Å². The zero-order chi connectivity index (χ0) is 21.0. The van der Waals surface area contributed by atoms with E-state index in [0.29, 0.717) is 4.91 Å². The highest BCUT2D eigenvalue weighted by atomic mass is 79.9. The normalized spacial score (nSPS) is 15.8. The molecule has 2 aromatic rings. The van der Waals surface area contributed by atoms with Crippen molar-refractivity contribution < 1.29 is 14.3 Å². The monoisotopic (exact) mass is 474 g/mol. The third-order valence-electron chi connectivity index (χ3n) is 4.63. The number of carbonyl (C=O) groups is 2. The third-order valence-corrected chi connectivity index (χ3v) is 6.32. The maximum atomic E-state index is 13.2. The SMILES string of the molecule is CCC(C)NC(=O)CN1C(=O)/C(=C\c2ccc(OC)c(Br)c2)Sc2ccccc21. The summed E-state index contributed by atoms with van der Waals surface area (Å²) in [7, 11) is 1.61. The number of hydrogen-bond donors (Lipinski definition) is 1. The minimum absolute atomic E-state index is 0.00953. The number of nitrogens with zero attached hydrogens (tertiary/aromatic N) is 1. The maximum Gasteiger partial charge on any atom is 0.265 e. The number of fused-ring (bicyclic) bond motifs is 1. The van der Waals surface area contributed by atoms with Crippen LogP contribution in [0.25, 0.3) is 6.08 Å². The van der Waals surface area contributed by atoms with E-state index >= 15 is 0 Å². The molecule has 0 saturated heterocycles. The van der Waals surface area contributed by atoms with Gasteiger partial charge in [-0.3, -0.25) is 14.5 Å². The zero-order valence-electron chi connectivity index (χ0n) is 16.6. The Morgan fingerprint density at radius 1 is 1.31 bits per heavy atom. The molecule has 29 heavy (non-hydrogen) atoms. The molecule has 1 aliphatic heterocycles. The van der Waals surface area contributed by atoms with Crippen LogP contribution >= 0.6 is 27.7 Å². The zero-order valence-corrected chi connectivity index (χ0v) is 19.0. The molecule has 0 saturated carbocycles. The van der Waals surface area contributed by atoms with Gasteiger partial charge in [-0.2, -0.15) is 0 Å². The highest BCUT2D eigenvalue weighted by Gasteiger charge is 2.30. The summed E-state index contributed by atoms with van der Waals surface area (Å²) in [5, 5.41) is 2.93. The third kappa shape index (κ3) is 5.03. The molecule has 1 heterocycles. The molecular weight excluding hydrogens is 452 g/mol. The number of halogens is 1. The topological polar surface area (TPSA) is 58.6 Å². The Bertz CT molecular complexity index is 961. The Labute approximate surface area is 183 Å². The van der Waals surface area contributed by atoms with Crippen molar-refractivity contribution in [2.75, 3.05) is 18.6 Å². The van der Waals surface area contributed by atoms with Crippen LogP contribution in [0.3, 0.4) is 0 Å². The van der Waals surface area contributed by atoms with Gasteiger partial charge >= 0.3 is 0 Å².